The first kappa shape index (κ1) is 36.1. The minimum absolute atomic E-state index is 0.183. The topological polar surface area (TPSA) is 109 Å². The third kappa shape index (κ3) is 6.07. The van der Waals surface area contributed by atoms with Gasteiger partial charge in [-0.1, -0.05) is 164 Å². The monoisotopic (exact) mass is 820 g/mol. The molecular formula is C56H36N8. The molecular weight excluding hydrogens is 785 g/mol. The lowest BCUT2D eigenvalue weighted by molar-refractivity contribution is 0.916. The summed E-state index contributed by atoms with van der Waals surface area (Å²) in [6, 6.07) is 54.6. The van der Waals surface area contributed by atoms with Crippen LogP contribution in [0.4, 0.5) is 0 Å². The van der Waals surface area contributed by atoms with Gasteiger partial charge in [-0.2, -0.15) is 0 Å². The molecule has 2 aromatic heterocycles. The Bertz CT molecular complexity index is 3710. The van der Waals surface area contributed by atoms with Gasteiger partial charge in [-0.3, -0.25) is 0 Å². The predicted molar refractivity (Wildman–Crippen MR) is 255 cm³/mol. The normalized spacial score (nSPS) is 16.4. The Morgan fingerprint density at radius 2 is 1.05 bits per heavy atom. The third-order valence-corrected chi connectivity index (χ3v) is 12.6. The van der Waals surface area contributed by atoms with Crippen LogP contribution in [0.25, 0.3) is 89.4 Å². The van der Waals surface area contributed by atoms with Crippen LogP contribution in [0.2, 0.25) is 0 Å². The van der Waals surface area contributed by atoms with E-state index >= 15 is 0 Å². The van der Waals surface area contributed by atoms with Crippen molar-refractivity contribution in [2.75, 3.05) is 0 Å². The summed E-state index contributed by atoms with van der Waals surface area (Å²) < 4.78 is 0. The van der Waals surface area contributed by atoms with E-state index < -0.39 is 0 Å². The highest BCUT2D eigenvalue weighted by atomic mass is 15.1. The molecule has 6 aromatic carbocycles. The molecule has 0 saturated carbocycles. The van der Waals surface area contributed by atoms with E-state index in [1.165, 1.54) is 0 Å². The van der Waals surface area contributed by atoms with Crippen LogP contribution in [-0.2, 0) is 0 Å². The quantitative estimate of drug-likeness (QED) is 0.183. The maximum absolute atomic E-state index is 5.45. The zero-order valence-electron chi connectivity index (χ0n) is 34.3. The number of hydrogen-bond donors (Lipinski definition) is 2. The molecule has 8 aromatic rings. The largest absolute Gasteiger partial charge is 0.327 e. The average molecular weight is 821 g/mol. The summed E-state index contributed by atoms with van der Waals surface area (Å²) in [6.07, 6.45) is 13.2. The number of nitrogens with zero attached hydrogens (tertiary/aromatic N) is 6. The molecule has 2 atom stereocenters. The van der Waals surface area contributed by atoms with Gasteiger partial charge in [0.1, 0.15) is 28.4 Å². The summed E-state index contributed by atoms with van der Waals surface area (Å²) in [5, 5.41) is 1.87. The molecule has 8 heteroatoms. The Morgan fingerprint density at radius 1 is 0.406 bits per heavy atom. The van der Waals surface area contributed by atoms with Crippen LogP contribution in [0.5, 0.6) is 0 Å². The molecule has 64 heavy (non-hydrogen) atoms. The Hall–Kier alpha value is -8.62. The molecule has 8 bridgehead atoms. The average Bonchev–Trinajstić information content (AvgIpc) is 4.10. The van der Waals surface area contributed by atoms with Gasteiger partial charge in [-0.25, -0.2) is 29.9 Å². The molecule has 0 fully saturated rings. The molecule has 0 spiro atoms. The second-order valence-corrected chi connectivity index (χ2v) is 16.4. The van der Waals surface area contributed by atoms with E-state index in [2.05, 4.69) is 180 Å². The van der Waals surface area contributed by atoms with Gasteiger partial charge in [0, 0.05) is 33.0 Å². The lowest BCUT2D eigenvalue weighted by Crippen LogP contribution is -2.14. The predicted octanol–water partition coefficient (Wildman–Crippen LogP) is 10.6. The number of nitrogens with one attached hydrogen (secondary N) is 2. The molecule has 8 nitrogen and oxygen atoms in total. The second-order valence-electron chi connectivity index (χ2n) is 16.4. The van der Waals surface area contributed by atoms with Gasteiger partial charge in [0.05, 0.1) is 11.8 Å². The van der Waals surface area contributed by atoms with E-state index in [0.717, 1.165) is 83.4 Å². The highest BCUT2D eigenvalue weighted by molar-refractivity contribution is 6.06. The minimum atomic E-state index is -0.252. The van der Waals surface area contributed by atoms with Crippen LogP contribution in [0.15, 0.2) is 194 Å². The van der Waals surface area contributed by atoms with Crippen LogP contribution in [0.1, 0.15) is 34.6 Å². The Labute approximate surface area is 367 Å². The Kier molecular flexibility index (Phi) is 8.17. The van der Waals surface area contributed by atoms with Crippen molar-refractivity contribution < 1.29 is 0 Å². The summed E-state index contributed by atoms with van der Waals surface area (Å²) in [6.45, 7) is 0. The smallest absolute Gasteiger partial charge is 0.164 e. The van der Waals surface area contributed by atoms with Gasteiger partial charge < -0.3 is 9.97 Å². The molecule has 5 heterocycles. The summed E-state index contributed by atoms with van der Waals surface area (Å²) in [5.41, 5.74) is 15.3. The molecule has 2 unspecified atom stereocenters. The molecule has 5 aliphatic rings. The van der Waals surface area contributed by atoms with Crippen LogP contribution < -0.4 is 11.0 Å². The SMILES string of the molecule is C1=CC2=c3nc(nc4nc(nc5[nH]c(nc6[nH]c(n3)C3C=CC(c7ccccc7)=CC=63)c3cc(-c6ccccc6)ccc53)-c3ccc(-c5ccccc5)cc3-4)C2C=C1c1ccccc1. The van der Waals surface area contributed by atoms with E-state index in [0.29, 0.717) is 39.7 Å². The maximum atomic E-state index is 5.45. The number of aromatic amines is 2. The molecule has 2 aliphatic carbocycles. The zero-order valence-corrected chi connectivity index (χ0v) is 34.3. The van der Waals surface area contributed by atoms with Crippen molar-refractivity contribution in [2.45, 2.75) is 11.8 Å². The number of allylic oxidation sites excluding steroid dienone is 8. The highest BCUT2D eigenvalue weighted by Gasteiger charge is 2.30. The first-order chi connectivity index (χ1) is 31.7. The Balaban J connectivity index is 1.13. The fourth-order valence-corrected chi connectivity index (χ4v) is 9.37. The van der Waals surface area contributed by atoms with Gasteiger partial charge in [0.25, 0.3) is 0 Å². The van der Waals surface area contributed by atoms with Crippen molar-refractivity contribution in [1.29, 1.82) is 0 Å². The lowest BCUT2D eigenvalue weighted by atomic mass is 9.89. The number of aromatic nitrogens is 8. The molecule has 0 saturated heterocycles. The van der Waals surface area contributed by atoms with Crippen molar-refractivity contribution in [3.8, 4) is 45.0 Å². The number of hydrogen-bond acceptors (Lipinski definition) is 6. The molecule has 300 valence electrons. The van der Waals surface area contributed by atoms with Crippen LogP contribution >= 0.6 is 0 Å². The second kappa shape index (κ2) is 14.5. The summed E-state index contributed by atoms with van der Waals surface area (Å²) >= 11 is 0. The fourth-order valence-electron chi connectivity index (χ4n) is 9.37. The van der Waals surface area contributed by atoms with Crippen molar-refractivity contribution in [2.24, 2.45) is 0 Å². The van der Waals surface area contributed by atoms with E-state index in [1.54, 1.807) is 0 Å². The van der Waals surface area contributed by atoms with Gasteiger partial charge in [-0.05, 0) is 74.9 Å². The van der Waals surface area contributed by atoms with Crippen molar-refractivity contribution in [1.82, 2.24) is 39.9 Å². The van der Waals surface area contributed by atoms with Crippen LogP contribution in [0.3, 0.4) is 0 Å². The standard InChI is InChI=1S/C56H36N8/c1-5-13-33(14-6-1)37-21-25-41-45(29-37)53-59-49(41)57-50-43-27-23-39(35-17-9-3-10-18-35)31-47(43)55(61-50)64-56-48-32-40(36-19-11-4-12-20-36)24-28-44(48)52(62-56)58-51-42-26-22-38(34-15-7-2-8-16-34)30-46(42)54(60-51)63-53/h1-32,41,47H,(H,57,59)(H,58,60,61,62,63,64). The van der Waals surface area contributed by atoms with E-state index in [4.69, 9.17) is 29.9 Å². The molecule has 3 aliphatic heterocycles. The summed E-state index contributed by atoms with van der Waals surface area (Å²) in [5.74, 6) is 2.05. The van der Waals surface area contributed by atoms with Gasteiger partial charge in [0.2, 0.25) is 0 Å². The van der Waals surface area contributed by atoms with Crippen molar-refractivity contribution in [3.05, 3.63) is 228 Å². The Morgan fingerprint density at radius 3 is 1.78 bits per heavy atom. The molecule has 13 rings (SSSR count). The molecule has 0 radical (unpaired) electrons. The van der Waals surface area contributed by atoms with E-state index in [9.17, 15) is 0 Å². The van der Waals surface area contributed by atoms with Crippen LogP contribution in [0, 0.1) is 0 Å². The number of rotatable bonds is 4. The molecule has 2 N–H and O–H groups in total. The van der Waals surface area contributed by atoms with Crippen LogP contribution in [-0.4, -0.2) is 39.9 Å². The lowest BCUT2D eigenvalue weighted by Gasteiger charge is -2.15. The number of fused-ring (bicyclic) bond motifs is 18. The first-order valence-corrected chi connectivity index (χ1v) is 21.5. The van der Waals surface area contributed by atoms with Gasteiger partial charge in [-0.15, -0.1) is 0 Å². The number of benzene rings is 6. The highest BCUT2D eigenvalue weighted by Crippen LogP contribution is 2.41. The summed E-state index contributed by atoms with van der Waals surface area (Å²) in [7, 11) is 0. The first-order valence-electron chi connectivity index (χ1n) is 21.5. The third-order valence-electron chi connectivity index (χ3n) is 12.6. The zero-order chi connectivity index (χ0) is 42.1. The fraction of sp³-hybridized carbons (Fsp3) is 0.0357. The van der Waals surface area contributed by atoms with E-state index in [-0.39, 0.29) is 11.8 Å². The van der Waals surface area contributed by atoms with E-state index in [1.807, 2.05) is 24.3 Å². The maximum Gasteiger partial charge on any atom is 0.164 e. The van der Waals surface area contributed by atoms with Crippen molar-refractivity contribution >= 4 is 44.4 Å². The molecule has 0 amide bonds. The van der Waals surface area contributed by atoms with Gasteiger partial charge in [0.15, 0.2) is 17.1 Å². The van der Waals surface area contributed by atoms with Gasteiger partial charge >= 0.3 is 0 Å². The van der Waals surface area contributed by atoms with Crippen molar-refractivity contribution in [3.63, 3.8) is 0 Å². The minimum Gasteiger partial charge on any atom is -0.327 e. The number of H-pyrrole nitrogens is 2. The summed E-state index contributed by atoms with van der Waals surface area (Å²) in [4.78, 5) is 39.4.